The van der Waals surface area contributed by atoms with Crippen LogP contribution in [0.5, 0.6) is 0 Å². The Morgan fingerprint density at radius 3 is 2.00 bits per heavy atom. The van der Waals surface area contributed by atoms with Crippen LogP contribution in [-0.4, -0.2) is 11.8 Å². The first-order valence-corrected chi connectivity index (χ1v) is 6.39. The van der Waals surface area contributed by atoms with Crippen molar-refractivity contribution in [3.63, 3.8) is 0 Å². The molecule has 96 valence electrons. The Morgan fingerprint density at radius 1 is 1.06 bits per heavy atom. The third-order valence-electron chi connectivity index (χ3n) is 3.37. The van der Waals surface area contributed by atoms with Gasteiger partial charge in [0.05, 0.1) is 0 Å². The van der Waals surface area contributed by atoms with Gasteiger partial charge in [-0.25, -0.2) is 0 Å². The Labute approximate surface area is 102 Å². The van der Waals surface area contributed by atoms with Crippen molar-refractivity contribution >= 4 is 11.8 Å². The Kier molecular flexibility index (Phi) is 5.73. The predicted molar refractivity (Wildman–Crippen MR) is 66.9 cm³/mol. The van der Waals surface area contributed by atoms with Crippen molar-refractivity contribution in [3.8, 4) is 0 Å². The fourth-order valence-corrected chi connectivity index (χ4v) is 2.28. The first-order chi connectivity index (χ1) is 8.11. The van der Waals surface area contributed by atoms with E-state index in [1.54, 1.807) is 0 Å². The molecule has 2 aliphatic carbocycles. The Hall–Kier alpha value is -1.32. The number of nitrogens with two attached hydrogens (primary N) is 2. The van der Waals surface area contributed by atoms with Gasteiger partial charge in [0.15, 0.2) is 0 Å². The quantitative estimate of drug-likeness (QED) is 0.766. The van der Waals surface area contributed by atoms with Crippen molar-refractivity contribution in [1.29, 1.82) is 0 Å². The zero-order valence-electron chi connectivity index (χ0n) is 10.3. The fraction of sp³-hybridized carbons (Fsp3) is 0.692. The highest BCUT2D eigenvalue weighted by Crippen LogP contribution is 2.22. The van der Waals surface area contributed by atoms with Crippen LogP contribution in [-0.2, 0) is 9.59 Å². The van der Waals surface area contributed by atoms with E-state index < -0.39 is 0 Å². The second kappa shape index (κ2) is 7.09. The fourth-order valence-electron chi connectivity index (χ4n) is 2.28. The third kappa shape index (κ3) is 5.02. The average Bonchev–Trinajstić information content (AvgIpc) is 2.84. The van der Waals surface area contributed by atoms with Gasteiger partial charge in [-0.15, -0.1) is 0 Å². The number of carbonyl (C=O) groups is 2. The van der Waals surface area contributed by atoms with Crippen molar-refractivity contribution in [2.45, 2.75) is 51.4 Å². The second-order valence-corrected chi connectivity index (χ2v) is 4.72. The van der Waals surface area contributed by atoms with Gasteiger partial charge in [0, 0.05) is 11.5 Å². The van der Waals surface area contributed by atoms with Crippen LogP contribution in [0, 0.1) is 5.92 Å². The maximum absolute atomic E-state index is 10.6. The summed E-state index contributed by atoms with van der Waals surface area (Å²) in [5, 5.41) is 0. The van der Waals surface area contributed by atoms with Gasteiger partial charge in [-0.1, -0.05) is 25.3 Å². The molecule has 0 aromatic heterocycles. The number of hydrogen-bond donors (Lipinski definition) is 2. The van der Waals surface area contributed by atoms with Crippen molar-refractivity contribution in [2.75, 3.05) is 0 Å². The Morgan fingerprint density at radius 2 is 1.71 bits per heavy atom. The van der Waals surface area contributed by atoms with Crippen LogP contribution in [0.1, 0.15) is 51.4 Å². The van der Waals surface area contributed by atoms with E-state index in [9.17, 15) is 9.59 Å². The Bertz CT molecular complexity index is 305. The molecule has 4 N–H and O–H groups in total. The van der Waals surface area contributed by atoms with Gasteiger partial charge >= 0.3 is 0 Å². The number of primary amides is 2. The normalized spacial score (nSPS) is 20.1. The molecule has 0 atom stereocenters. The topological polar surface area (TPSA) is 86.2 Å². The number of hydrogen-bond acceptors (Lipinski definition) is 2. The van der Waals surface area contributed by atoms with Crippen LogP contribution in [0.2, 0.25) is 0 Å². The minimum atomic E-state index is -0.248. The van der Waals surface area contributed by atoms with Gasteiger partial charge in [-0.2, -0.15) is 0 Å². The first-order valence-electron chi connectivity index (χ1n) is 6.39. The highest BCUT2D eigenvalue weighted by atomic mass is 16.1. The first kappa shape index (κ1) is 13.7. The summed E-state index contributed by atoms with van der Waals surface area (Å²) in [5.41, 5.74) is 10.9. The lowest BCUT2D eigenvalue weighted by Gasteiger charge is -2.17. The highest BCUT2D eigenvalue weighted by molar-refractivity contribution is 5.92. The van der Waals surface area contributed by atoms with E-state index in [4.69, 9.17) is 11.5 Å². The van der Waals surface area contributed by atoms with Gasteiger partial charge in [-0.3, -0.25) is 9.59 Å². The number of amides is 2. The number of allylic oxidation sites excluding steroid dienone is 1. The van der Waals surface area contributed by atoms with Crippen LogP contribution < -0.4 is 11.5 Å². The second-order valence-electron chi connectivity index (χ2n) is 4.72. The van der Waals surface area contributed by atoms with E-state index in [1.165, 1.54) is 19.3 Å². The van der Waals surface area contributed by atoms with Gasteiger partial charge in [0.1, 0.15) is 0 Å². The zero-order chi connectivity index (χ0) is 12.7. The van der Waals surface area contributed by atoms with Crippen LogP contribution in [0.15, 0.2) is 11.6 Å². The van der Waals surface area contributed by atoms with E-state index >= 15 is 0 Å². The smallest absolute Gasteiger partial charge is 0.244 e. The molecule has 0 heterocycles. The van der Waals surface area contributed by atoms with Gasteiger partial charge in [0.2, 0.25) is 11.8 Å². The van der Waals surface area contributed by atoms with Crippen LogP contribution >= 0.6 is 0 Å². The predicted octanol–water partition coefficient (Wildman–Crippen LogP) is 1.63. The number of rotatable bonds is 2. The molecule has 0 spiro atoms. The summed E-state index contributed by atoms with van der Waals surface area (Å²) < 4.78 is 0. The molecule has 0 aromatic carbocycles. The summed E-state index contributed by atoms with van der Waals surface area (Å²) in [7, 11) is 0. The zero-order valence-corrected chi connectivity index (χ0v) is 10.3. The molecule has 2 amide bonds. The summed E-state index contributed by atoms with van der Waals surface area (Å²) in [6, 6.07) is 0. The standard InChI is InChI=1S/C7H13NO.C6H9NO/c8-7(9)6-4-2-1-3-5-6;7-6(8)5-3-1-2-4-5/h6H,1-5H2,(H2,8,9);3H,1-2,4H2,(H2,7,8). The molecular weight excluding hydrogens is 216 g/mol. The molecule has 4 heteroatoms. The minimum absolute atomic E-state index is 0.102. The van der Waals surface area contributed by atoms with Crippen molar-refractivity contribution in [1.82, 2.24) is 0 Å². The maximum atomic E-state index is 10.6. The lowest BCUT2D eigenvalue weighted by atomic mass is 9.89. The van der Waals surface area contributed by atoms with Gasteiger partial charge in [-0.05, 0) is 32.1 Å². The number of carbonyl (C=O) groups excluding carboxylic acids is 2. The van der Waals surface area contributed by atoms with E-state index in [0.29, 0.717) is 0 Å². The summed E-state index contributed by atoms with van der Waals surface area (Å²) >= 11 is 0. The summed E-state index contributed by atoms with van der Waals surface area (Å²) in [6.45, 7) is 0. The highest BCUT2D eigenvalue weighted by Gasteiger charge is 2.17. The minimum Gasteiger partial charge on any atom is -0.369 e. The molecule has 0 radical (unpaired) electrons. The molecule has 2 rings (SSSR count). The lowest BCUT2D eigenvalue weighted by molar-refractivity contribution is -0.122. The molecule has 1 fully saturated rings. The van der Waals surface area contributed by atoms with Gasteiger partial charge in [0.25, 0.3) is 0 Å². The monoisotopic (exact) mass is 238 g/mol. The third-order valence-corrected chi connectivity index (χ3v) is 3.37. The van der Waals surface area contributed by atoms with Crippen LogP contribution in [0.4, 0.5) is 0 Å². The average molecular weight is 238 g/mol. The van der Waals surface area contributed by atoms with Crippen LogP contribution in [0.3, 0.4) is 0 Å². The summed E-state index contributed by atoms with van der Waals surface area (Å²) in [4.78, 5) is 20.9. The molecule has 1 saturated carbocycles. The maximum Gasteiger partial charge on any atom is 0.244 e. The molecule has 0 bridgehead atoms. The van der Waals surface area contributed by atoms with E-state index in [1.807, 2.05) is 6.08 Å². The van der Waals surface area contributed by atoms with E-state index in [2.05, 4.69) is 0 Å². The summed E-state index contributed by atoms with van der Waals surface area (Å²) in [5.74, 6) is -0.157. The molecule has 0 saturated heterocycles. The largest absolute Gasteiger partial charge is 0.369 e. The molecule has 0 aromatic rings. The molecule has 2 aliphatic rings. The summed E-state index contributed by atoms with van der Waals surface area (Å²) in [6.07, 6.45) is 10.6. The van der Waals surface area contributed by atoms with E-state index in [-0.39, 0.29) is 17.7 Å². The van der Waals surface area contributed by atoms with Crippen molar-refractivity contribution in [3.05, 3.63) is 11.6 Å². The Balaban J connectivity index is 0.000000171. The van der Waals surface area contributed by atoms with Gasteiger partial charge < -0.3 is 11.5 Å². The lowest BCUT2D eigenvalue weighted by Crippen LogP contribution is -2.24. The van der Waals surface area contributed by atoms with Crippen molar-refractivity contribution in [2.24, 2.45) is 17.4 Å². The SMILES string of the molecule is NC(=O)C1=CCCC1.NC(=O)C1CCCCC1. The van der Waals surface area contributed by atoms with E-state index in [0.717, 1.165) is 37.7 Å². The molecule has 4 nitrogen and oxygen atoms in total. The van der Waals surface area contributed by atoms with Crippen LogP contribution in [0.25, 0.3) is 0 Å². The molecule has 0 aliphatic heterocycles. The van der Waals surface area contributed by atoms with Crippen molar-refractivity contribution < 1.29 is 9.59 Å². The molecular formula is C13H22N2O2. The molecule has 17 heavy (non-hydrogen) atoms. The molecule has 0 unspecified atom stereocenters.